The van der Waals surface area contributed by atoms with Crippen LogP contribution in [-0.2, 0) is 6.54 Å². The van der Waals surface area contributed by atoms with Gasteiger partial charge in [-0.3, -0.25) is 0 Å². The maximum atomic E-state index is 11.2. The summed E-state index contributed by atoms with van der Waals surface area (Å²) in [6.45, 7) is 0.832. The van der Waals surface area contributed by atoms with Crippen LogP contribution in [0, 0.1) is 0 Å². The second-order valence-electron chi connectivity index (χ2n) is 4.32. The van der Waals surface area contributed by atoms with Crippen molar-refractivity contribution in [3.8, 4) is 5.75 Å². The maximum Gasteiger partial charge on any atom is 0.352 e. The molecule has 0 saturated heterocycles. The molecule has 3 aromatic rings. The van der Waals surface area contributed by atoms with Gasteiger partial charge in [-0.1, -0.05) is 18.2 Å². The molecule has 0 radical (unpaired) electrons. The van der Waals surface area contributed by atoms with Crippen LogP contribution in [0.3, 0.4) is 0 Å². The number of furan rings is 1. The largest absolute Gasteiger partial charge is 0.492 e. The van der Waals surface area contributed by atoms with E-state index in [0.29, 0.717) is 18.7 Å². The van der Waals surface area contributed by atoms with Crippen molar-refractivity contribution < 1.29 is 19.1 Å². The number of aromatic nitrogens is 1. The summed E-state index contributed by atoms with van der Waals surface area (Å²) in [5.74, 6) is -0.212. The molecule has 1 N–H and O–H groups in total. The Hall–Kier alpha value is -2.69. The number of hydrogen-bond donors (Lipinski definition) is 1. The van der Waals surface area contributed by atoms with E-state index < -0.39 is 5.97 Å². The van der Waals surface area contributed by atoms with Crippen LogP contribution in [0.25, 0.3) is 11.1 Å². The first kappa shape index (κ1) is 12.3. The summed E-state index contributed by atoms with van der Waals surface area (Å²) in [7, 11) is 0. The Bertz CT molecular complexity index is 727. The van der Waals surface area contributed by atoms with E-state index in [0.717, 1.165) is 11.3 Å². The molecule has 0 aliphatic heterocycles. The van der Waals surface area contributed by atoms with Gasteiger partial charge in [-0.25, -0.2) is 4.79 Å². The van der Waals surface area contributed by atoms with Crippen LogP contribution in [0.15, 0.2) is 53.1 Å². The molecular weight excluding hydrogens is 258 g/mol. The minimum Gasteiger partial charge on any atom is -0.492 e. The Labute approximate surface area is 115 Å². The van der Waals surface area contributed by atoms with Gasteiger partial charge in [-0.2, -0.15) is 0 Å². The number of aromatic carboxylic acids is 1. The molecule has 0 amide bonds. The standard InChI is InChI=1S/C15H13NO4/c17-15(18)13-10-14-12(6-8-20-14)16(13)7-9-19-11-4-2-1-3-5-11/h1-6,8,10H,7,9H2,(H,17,18). The number of hydrogen-bond acceptors (Lipinski definition) is 3. The Morgan fingerprint density at radius 1 is 1.25 bits per heavy atom. The number of carboxylic acid groups (broad SMARTS) is 1. The topological polar surface area (TPSA) is 64.6 Å². The Balaban J connectivity index is 1.78. The van der Waals surface area contributed by atoms with Crippen molar-refractivity contribution in [2.75, 3.05) is 6.61 Å². The molecule has 20 heavy (non-hydrogen) atoms. The van der Waals surface area contributed by atoms with Gasteiger partial charge in [0.1, 0.15) is 18.1 Å². The van der Waals surface area contributed by atoms with E-state index in [1.54, 1.807) is 16.9 Å². The molecule has 0 fully saturated rings. The van der Waals surface area contributed by atoms with E-state index in [1.165, 1.54) is 6.07 Å². The number of nitrogens with zero attached hydrogens (tertiary/aromatic N) is 1. The number of benzene rings is 1. The van der Waals surface area contributed by atoms with Gasteiger partial charge in [-0.15, -0.1) is 0 Å². The average Bonchev–Trinajstić information content (AvgIpc) is 3.02. The molecular formula is C15H13NO4. The molecule has 3 rings (SSSR count). The highest BCUT2D eigenvalue weighted by molar-refractivity contribution is 5.92. The first-order valence-electron chi connectivity index (χ1n) is 6.23. The van der Waals surface area contributed by atoms with Gasteiger partial charge in [0.05, 0.1) is 18.3 Å². The predicted octanol–water partition coefficient (Wildman–Crippen LogP) is 3.01. The molecule has 5 heteroatoms. The van der Waals surface area contributed by atoms with Crippen LogP contribution in [0.5, 0.6) is 5.75 Å². The molecule has 0 atom stereocenters. The van der Waals surface area contributed by atoms with Crippen LogP contribution in [0.1, 0.15) is 10.5 Å². The average molecular weight is 271 g/mol. The van der Waals surface area contributed by atoms with Crippen LogP contribution in [0.4, 0.5) is 0 Å². The SMILES string of the molecule is O=C(O)c1cc2occc2n1CCOc1ccccc1. The third-order valence-electron chi connectivity index (χ3n) is 3.07. The first-order valence-corrected chi connectivity index (χ1v) is 6.23. The van der Waals surface area contributed by atoms with Crippen LogP contribution in [0.2, 0.25) is 0 Å². The molecule has 5 nitrogen and oxygen atoms in total. The maximum absolute atomic E-state index is 11.2. The lowest BCUT2D eigenvalue weighted by Crippen LogP contribution is -2.13. The van der Waals surface area contributed by atoms with Gasteiger partial charge >= 0.3 is 5.97 Å². The van der Waals surface area contributed by atoms with Crippen molar-refractivity contribution in [1.29, 1.82) is 0 Å². The number of ether oxygens (including phenoxy) is 1. The molecule has 0 bridgehead atoms. The molecule has 0 aliphatic rings. The van der Waals surface area contributed by atoms with E-state index in [4.69, 9.17) is 9.15 Å². The van der Waals surface area contributed by atoms with Crippen molar-refractivity contribution in [3.05, 3.63) is 54.4 Å². The number of fused-ring (bicyclic) bond motifs is 1. The molecule has 2 aromatic heterocycles. The number of rotatable bonds is 5. The highest BCUT2D eigenvalue weighted by Gasteiger charge is 2.16. The molecule has 1 aromatic carbocycles. The number of carbonyl (C=O) groups is 1. The zero-order valence-electron chi connectivity index (χ0n) is 10.7. The van der Waals surface area contributed by atoms with Crippen molar-refractivity contribution in [2.24, 2.45) is 0 Å². The van der Waals surface area contributed by atoms with Gasteiger partial charge in [0.15, 0.2) is 5.58 Å². The minimum absolute atomic E-state index is 0.205. The Morgan fingerprint density at radius 3 is 2.80 bits per heavy atom. The van der Waals surface area contributed by atoms with Gasteiger partial charge < -0.3 is 18.8 Å². The highest BCUT2D eigenvalue weighted by atomic mass is 16.5. The van der Waals surface area contributed by atoms with E-state index in [1.807, 2.05) is 30.3 Å². The van der Waals surface area contributed by atoms with Gasteiger partial charge in [0, 0.05) is 12.1 Å². The summed E-state index contributed by atoms with van der Waals surface area (Å²) >= 11 is 0. The van der Waals surface area contributed by atoms with E-state index in [9.17, 15) is 9.90 Å². The van der Waals surface area contributed by atoms with Crippen LogP contribution >= 0.6 is 0 Å². The quantitative estimate of drug-likeness (QED) is 0.774. The van der Waals surface area contributed by atoms with Crippen molar-refractivity contribution >= 4 is 17.1 Å². The lowest BCUT2D eigenvalue weighted by Gasteiger charge is -2.09. The van der Waals surface area contributed by atoms with E-state index in [-0.39, 0.29) is 5.69 Å². The predicted molar refractivity (Wildman–Crippen MR) is 73.1 cm³/mol. The normalized spacial score (nSPS) is 10.8. The van der Waals surface area contributed by atoms with Crippen molar-refractivity contribution in [3.63, 3.8) is 0 Å². The van der Waals surface area contributed by atoms with Gasteiger partial charge in [-0.05, 0) is 12.1 Å². The summed E-state index contributed by atoms with van der Waals surface area (Å²) in [5.41, 5.74) is 1.54. The fraction of sp³-hybridized carbons (Fsp3) is 0.133. The zero-order valence-corrected chi connectivity index (χ0v) is 10.7. The second-order valence-corrected chi connectivity index (χ2v) is 4.32. The zero-order chi connectivity index (χ0) is 13.9. The lowest BCUT2D eigenvalue weighted by atomic mass is 10.3. The number of para-hydroxylation sites is 1. The first-order chi connectivity index (χ1) is 9.75. The highest BCUT2D eigenvalue weighted by Crippen LogP contribution is 2.21. The number of carboxylic acids is 1. The molecule has 0 spiro atoms. The molecule has 0 unspecified atom stereocenters. The lowest BCUT2D eigenvalue weighted by molar-refractivity contribution is 0.0684. The van der Waals surface area contributed by atoms with Gasteiger partial charge in [0.2, 0.25) is 0 Å². The van der Waals surface area contributed by atoms with Crippen molar-refractivity contribution in [2.45, 2.75) is 6.54 Å². The van der Waals surface area contributed by atoms with E-state index in [2.05, 4.69) is 0 Å². The summed E-state index contributed by atoms with van der Waals surface area (Å²) in [5, 5.41) is 9.20. The third kappa shape index (κ3) is 2.25. The van der Waals surface area contributed by atoms with Crippen LogP contribution in [-0.4, -0.2) is 22.2 Å². The second kappa shape index (κ2) is 5.13. The fourth-order valence-corrected chi connectivity index (χ4v) is 2.17. The van der Waals surface area contributed by atoms with Crippen LogP contribution < -0.4 is 4.74 Å². The Kier molecular flexibility index (Phi) is 3.16. The summed E-state index contributed by atoms with van der Waals surface area (Å²) < 4.78 is 12.5. The smallest absolute Gasteiger partial charge is 0.352 e. The molecule has 2 heterocycles. The summed E-state index contributed by atoms with van der Waals surface area (Å²) in [6.07, 6.45) is 1.55. The van der Waals surface area contributed by atoms with Crippen molar-refractivity contribution in [1.82, 2.24) is 4.57 Å². The Morgan fingerprint density at radius 2 is 2.05 bits per heavy atom. The minimum atomic E-state index is -0.976. The fourth-order valence-electron chi connectivity index (χ4n) is 2.17. The monoisotopic (exact) mass is 271 g/mol. The summed E-state index contributed by atoms with van der Waals surface area (Å²) in [4.78, 5) is 11.2. The van der Waals surface area contributed by atoms with Gasteiger partial charge in [0.25, 0.3) is 0 Å². The summed E-state index contributed by atoms with van der Waals surface area (Å²) in [6, 6.07) is 12.7. The molecule has 0 saturated carbocycles. The van der Waals surface area contributed by atoms with E-state index >= 15 is 0 Å². The third-order valence-corrected chi connectivity index (χ3v) is 3.07. The molecule has 102 valence electrons. The molecule has 0 aliphatic carbocycles.